The molecule has 1 heterocycles. The summed E-state index contributed by atoms with van der Waals surface area (Å²) in [5, 5.41) is 0.270. The highest BCUT2D eigenvalue weighted by molar-refractivity contribution is 6.22. The first-order chi connectivity index (χ1) is 7.58. The molecule has 0 bridgehead atoms. The van der Waals surface area contributed by atoms with Gasteiger partial charge in [0.15, 0.2) is 0 Å². The Balaban J connectivity index is 2.39. The number of hydrazine groups is 2. The third-order valence-corrected chi connectivity index (χ3v) is 3.96. The standard InChI is InChI=1S/C9H17Cl4N3/c10-7-1-2-8(11)5-6-16(13)15-14-9(12)4-3-7/h7-9,14-15H,1-6H2. The molecule has 0 aliphatic carbocycles. The lowest BCUT2D eigenvalue weighted by Crippen LogP contribution is -2.46. The van der Waals surface area contributed by atoms with Gasteiger partial charge in [-0.3, -0.25) is 0 Å². The van der Waals surface area contributed by atoms with Gasteiger partial charge in [0, 0.05) is 17.3 Å². The maximum Gasteiger partial charge on any atom is 0.0965 e. The number of hydrogen-bond acceptors (Lipinski definition) is 3. The summed E-state index contributed by atoms with van der Waals surface area (Å²) in [6.07, 6.45) is 4.32. The normalized spacial score (nSPS) is 36.4. The van der Waals surface area contributed by atoms with Crippen LogP contribution >= 0.6 is 46.6 Å². The minimum absolute atomic E-state index is 0.121. The van der Waals surface area contributed by atoms with Gasteiger partial charge >= 0.3 is 0 Å². The van der Waals surface area contributed by atoms with Crippen LogP contribution in [0.25, 0.3) is 0 Å². The Morgan fingerprint density at radius 2 is 1.44 bits per heavy atom. The molecule has 0 radical (unpaired) electrons. The second-order valence-electron chi connectivity index (χ2n) is 3.95. The topological polar surface area (TPSA) is 27.3 Å². The van der Waals surface area contributed by atoms with E-state index in [0.29, 0.717) is 6.54 Å². The monoisotopic (exact) mass is 307 g/mol. The summed E-state index contributed by atoms with van der Waals surface area (Å²) in [6, 6.07) is 0. The lowest BCUT2D eigenvalue weighted by atomic mass is 10.1. The molecule has 16 heavy (non-hydrogen) atoms. The van der Waals surface area contributed by atoms with Crippen molar-refractivity contribution in [3.63, 3.8) is 0 Å². The van der Waals surface area contributed by atoms with E-state index in [1.54, 1.807) is 0 Å². The van der Waals surface area contributed by atoms with Crippen molar-refractivity contribution < 1.29 is 0 Å². The molecule has 0 amide bonds. The summed E-state index contributed by atoms with van der Waals surface area (Å²) < 4.78 is 1.44. The van der Waals surface area contributed by atoms with Crippen LogP contribution in [0.4, 0.5) is 0 Å². The first kappa shape index (κ1) is 15.1. The van der Waals surface area contributed by atoms with Gasteiger partial charge in [0.2, 0.25) is 0 Å². The van der Waals surface area contributed by atoms with Crippen LogP contribution < -0.4 is 11.0 Å². The summed E-state index contributed by atoms with van der Waals surface area (Å²) in [6.45, 7) is 0.652. The SMILES string of the molecule is ClC1CCC(Cl)CCN(Cl)NNC(Cl)CC1. The molecule has 1 aliphatic heterocycles. The molecule has 1 rings (SSSR count). The molecule has 1 aliphatic rings. The molecule has 2 N–H and O–H groups in total. The van der Waals surface area contributed by atoms with Crippen LogP contribution in [0.5, 0.6) is 0 Å². The van der Waals surface area contributed by atoms with Crippen molar-refractivity contribution in [1.82, 2.24) is 15.5 Å². The van der Waals surface area contributed by atoms with Gasteiger partial charge in [0.25, 0.3) is 0 Å². The number of hydrogen-bond donors (Lipinski definition) is 2. The number of nitrogens with one attached hydrogen (secondary N) is 2. The maximum absolute atomic E-state index is 6.17. The van der Waals surface area contributed by atoms with Gasteiger partial charge in [-0.05, 0) is 43.9 Å². The van der Waals surface area contributed by atoms with Crippen LogP contribution in [0.3, 0.4) is 0 Å². The van der Waals surface area contributed by atoms with E-state index in [1.165, 1.54) is 4.53 Å². The van der Waals surface area contributed by atoms with Crippen molar-refractivity contribution in [2.45, 2.75) is 48.4 Å². The molecular formula is C9H17Cl4N3. The van der Waals surface area contributed by atoms with E-state index in [0.717, 1.165) is 32.1 Å². The Morgan fingerprint density at radius 1 is 0.875 bits per heavy atom. The fourth-order valence-corrected chi connectivity index (χ4v) is 2.30. The molecule has 7 heteroatoms. The summed E-state index contributed by atoms with van der Waals surface area (Å²) in [4.78, 5) is 0. The van der Waals surface area contributed by atoms with Crippen LogP contribution in [0, 0.1) is 0 Å². The number of rotatable bonds is 0. The van der Waals surface area contributed by atoms with Crippen molar-refractivity contribution >= 4 is 46.6 Å². The highest BCUT2D eigenvalue weighted by Gasteiger charge is 2.15. The Morgan fingerprint density at radius 3 is 2.12 bits per heavy atom. The average molecular weight is 309 g/mol. The molecule has 0 aromatic carbocycles. The molecule has 3 atom stereocenters. The predicted molar refractivity (Wildman–Crippen MR) is 70.8 cm³/mol. The third kappa shape index (κ3) is 6.70. The van der Waals surface area contributed by atoms with Crippen molar-refractivity contribution in [1.29, 1.82) is 0 Å². The summed E-state index contributed by atoms with van der Waals surface area (Å²) in [5.41, 5.74) is 5.52. The second-order valence-corrected chi connectivity index (χ2v) is 6.12. The molecule has 1 saturated heterocycles. The predicted octanol–water partition coefficient (Wildman–Crippen LogP) is 3.20. The largest absolute Gasteiger partial charge is 0.225 e. The minimum atomic E-state index is -0.172. The smallest absolute Gasteiger partial charge is 0.0965 e. The van der Waals surface area contributed by atoms with Gasteiger partial charge in [0.05, 0.1) is 5.50 Å². The van der Waals surface area contributed by atoms with Crippen LogP contribution in [-0.2, 0) is 0 Å². The van der Waals surface area contributed by atoms with Gasteiger partial charge < -0.3 is 0 Å². The maximum atomic E-state index is 6.17. The van der Waals surface area contributed by atoms with Crippen molar-refractivity contribution in [2.75, 3.05) is 6.54 Å². The van der Waals surface area contributed by atoms with Gasteiger partial charge in [0.1, 0.15) is 0 Å². The zero-order chi connectivity index (χ0) is 12.0. The van der Waals surface area contributed by atoms with Gasteiger partial charge in [-0.2, -0.15) is 5.53 Å². The fraction of sp³-hybridized carbons (Fsp3) is 1.00. The quantitative estimate of drug-likeness (QED) is 0.409. The van der Waals surface area contributed by atoms with E-state index in [2.05, 4.69) is 11.0 Å². The molecule has 3 unspecified atom stereocenters. The van der Waals surface area contributed by atoms with Crippen LogP contribution in [0.2, 0.25) is 0 Å². The fourth-order valence-electron chi connectivity index (χ4n) is 1.50. The second kappa shape index (κ2) is 8.20. The molecule has 0 spiro atoms. The highest BCUT2D eigenvalue weighted by Crippen LogP contribution is 2.20. The lowest BCUT2D eigenvalue weighted by molar-refractivity contribution is 0.260. The van der Waals surface area contributed by atoms with Gasteiger partial charge in [-0.25, -0.2) is 5.43 Å². The Labute approximate surface area is 117 Å². The first-order valence-electron chi connectivity index (χ1n) is 5.44. The summed E-state index contributed by atoms with van der Waals surface area (Å²) >= 11 is 24.2. The zero-order valence-electron chi connectivity index (χ0n) is 8.93. The van der Waals surface area contributed by atoms with E-state index in [-0.39, 0.29) is 16.3 Å². The number of alkyl halides is 3. The zero-order valence-corrected chi connectivity index (χ0v) is 12.0. The third-order valence-electron chi connectivity index (χ3n) is 2.51. The minimum Gasteiger partial charge on any atom is -0.225 e. The van der Waals surface area contributed by atoms with E-state index >= 15 is 0 Å². The molecule has 0 saturated carbocycles. The van der Waals surface area contributed by atoms with Crippen LogP contribution in [0.15, 0.2) is 0 Å². The lowest BCUT2D eigenvalue weighted by Gasteiger charge is -2.22. The van der Waals surface area contributed by atoms with E-state index in [9.17, 15) is 0 Å². The Bertz CT molecular complexity index is 140. The van der Waals surface area contributed by atoms with Crippen molar-refractivity contribution in [2.24, 2.45) is 0 Å². The summed E-state index contributed by atoms with van der Waals surface area (Å²) in [7, 11) is 0. The van der Waals surface area contributed by atoms with E-state index < -0.39 is 0 Å². The first-order valence-corrected chi connectivity index (χ1v) is 7.09. The van der Waals surface area contributed by atoms with Gasteiger partial charge in [-0.15, -0.1) is 39.3 Å². The van der Waals surface area contributed by atoms with Crippen LogP contribution in [0.1, 0.15) is 32.1 Å². The molecule has 3 nitrogen and oxygen atoms in total. The molecule has 1 fully saturated rings. The van der Waals surface area contributed by atoms with E-state index in [4.69, 9.17) is 46.6 Å². The number of nitrogens with zero attached hydrogens (tertiary/aromatic N) is 1. The van der Waals surface area contributed by atoms with Crippen molar-refractivity contribution in [3.8, 4) is 0 Å². The average Bonchev–Trinajstić information content (AvgIpc) is 2.27. The highest BCUT2D eigenvalue weighted by atomic mass is 35.5. The molecular weight excluding hydrogens is 292 g/mol. The molecule has 96 valence electrons. The van der Waals surface area contributed by atoms with Crippen molar-refractivity contribution in [3.05, 3.63) is 0 Å². The Hall–Kier alpha value is 1.04. The van der Waals surface area contributed by atoms with Crippen LogP contribution in [-0.4, -0.2) is 27.3 Å². The molecule has 0 aromatic rings. The van der Waals surface area contributed by atoms with E-state index in [1.807, 2.05) is 0 Å². The summed E-state index contributed by atoms with van der Waals surface area (Å²) in [5.74, 6) is 0. The van der Waals surface area contributed by atoms with Gasteiger partial charge in [-0.1, -0.05) is 0 Å². The molecule has 0 aromatic heterocycles. The Kier molecular flexibility index (Phi) is 7.73. The number of halogens is 4.